The first kappa shape index (κ1) is 17.8. The Labute approximate surface area is 165 Å². The normalized spacial score (nSPS) is 10.5. The van der Waals surface area contributed by atoms with Crippen molar-refractivity contribution in [3.05, 3.63) is 83.6 Å². The van der Waals surface area contributed by atoms with E-state index in [0.29, 0.717) is 17.0 Å². The maximum absolute atomic E-state index is 12.5. The standard InChI is InChI=1S/C21H16N4O2S/c1-14-13-28-20(24-14)16-5-3-15(4-6-16)19(26)25-17-7-9-18(10-8-17)27-21-22-11-2-12-23-21/h2-13H,1H3,(H,25,26). The lowest BCUT2D eigenvalue weighted by atomic mass is 10.1. The van der Waals surface area contributed by atoms with Crippen LogP contribution in [0, 0.1) is 6.92 Å². The number of aromatic nitrogens is 3. The number of carbonyl (C=O) groups excluding carboxylic acids is 1. The number of hydrogen-bond acceptors (Lipinski definition) is 6. The highest BCUT2D eigenvalue weighted by molar-refractivity contribution is 7.13. The highest BCUT2D eigenvalue weighted by Gasteiger charge is 2.08. The van der Waals surface area contributed by atoms with Gasteiger partial charge in [-0.2, -0.15) is 0 Å². The van der Waals surface area contributed by atoms with Crippen LogP contribution in [0.2, 0.25) is 0 Å². The maximum Gasteiger partial charge on any atom is 0.321 e. The van der Waals surface area contributed by atoms with E-state index in [2.05, 4.69) is 20.3 Å². The van der Waals surface area contributed by atoms with Crippen LogP contribution >= 0.6 is 11.3 Å². The first-order chi connectivity index (χ1) is 13.7. The Morgan fingerprint density at radius 3 is 2.36 bits per heavy atom. The fraction of sp³-hybridized carbons (Fsp3) is 0.0476. The van der Waals surface area contributed by atoms with E-state index in [0.717, 1.165) is 16.3 Å². The average Bonchev–Trinajstić information content (AvgIpc) is 3.17. The molecule has 138 valence electrons. The Morgan fingerprint density at radius 1 is 1.00 bits per heavy atom. The van der Waals surface area contributed by atoms with Crippen LogP contribution < -0.4 is 10.1 Å². The number of rotatable bonds is 5. The molecule has 1 amide bonds. The van der Waals surface area contributed by atoms with Gasteiger partial charge in [-0.05, 0) is 49.4 Å². The van der Waals surface area contributed by atoms with Gasteiger partial charge in [0.25, 0.3) is 5.91 Å². The minimum atomic E-state index is -0.179. The van der Waals surface area contributed by atoms with E-state index in [1.54, 1.807) is 66.2 Å². The summed E-state index contributed by atoms with van der Waals surface area (Å²) in [4.78, 5) is 24.9. The van der Waals surface area contributed by atoms with E-state index >= 15 is 0 Å². The molecular formula is C21H16N4O2S. The second-order valence-corrected chi connectivity index (χ2v) is 6.84. The first-order valence-corrected chi connectivity index (χ1v) is 9.44. The third-order valence-electron chi connectivity index (χ3n) is 3.88. The number of ether oxygens (including phenoxy) is 1. The molecule has 28 heavy (non-hydrogen) atoms. The number of benzene rings is 2. The summed E-state index contributed by atoms with van der Waals surface area (Å²) in [6, 6.07) is 16.4. The number of anilines is 1. The number of carbonyl (C=O) groups is 1. The molecule has 0 spiro atoms. The monoisotopic (exact) mass is 388 g/mol. The van der Waals surface area contributed by atoms with Crippen LogP contribution in [0.4, 0.5) is 5.69 Å². The van der Waals surface area contributed by atoms with Gasteiger partial charge in [0.05, 0.1) is 0 Å². The van der Waals surface area contributed by atoms with Gasteiger partial charge in [-0.1, -0.05) is 12.1 Å². The molecule has 0 radical (unpaired) electrons. The van der Waals surface area contributed by atoms with Crippen molar-refractivity contribution in [1.82, 2.24) is 15.0 Å². The summed E-state index contributed by atoms with van der Waals surface area (Å²) in [5.74, 6) is 0.411. The van der Waals surface area contributed by atoms with Crippen molar-refractivity contribution in [2.24, 2.45) is 0 Å². The zero-order valence-corrected chi connectivity index (χ0v) is 15.8. The van der Waals surface area contributed by atoms with Gasteiger partial charge in [0.2, 0.25) is 0 Å². The van der Waals surface area contributed by atoms with Crippen molar-refractivity contribution in [2.75, 3.05) is 5.32 Å². The maximum atomic E-state index is 12.5. The van der Waals surface area contributed by atoms with Crippen LogP contribution in [-0.2, 0) is 0 Å². The SMILES string of the molecule is Cc1csc(-c2ccc(C(=O)Nc3ccc(Oc4ncccn4)cc3)cc2)n1. The molecule has 4 aromatic rings. The number of hydrogen-bond donors (Lipinski definition) is 1. The summed E-state index contributed by atoms with van der Waals surface area (Å²) in [5, 5.41) is 5.83. The van der Waals surface area contributed by atoms with Crippen molar-refractivity contribution in [2.45, 2.75) is 6.92 Å². The smallest absolute Gasteiger partial charge is 0.321 e. The fourth-order valence-corrected chi connectivity index (χ4v) is 3.31. The van der Waals surface area contributed by atoms with Crippen LogP contribution in [0.25, 0.3) is 10.6 Å². The van der Waals surface area contributed by atoms with Crippen LogP contribution in [0.3, 0.4) is 0 Å². The summed E-state index contributed by atoms with van der Waals surface area (Å²) >= 11 is 1.59. The molecule has 2 aromatic carbocycles. The molecule has 0 saturated carbocycles. The highest BCUT2D eigenvalue weighted by atomic mass is 32.1. The van der Waals surface area contributed by atoms with E-state index < -0.39 is 0 Å². The van der Waals surface area contributed by atoms with Gasteiger partial charge in [0.15, 0.2) is 0 Å². The van der Waals surface area contributed by atoms with Crippen molar-refractivity contribution < 1.29 is 9.53 Å². The van der Waals surface area contributed by atoms with Crippen molar-refractivity contribution in [3.63, 3.8) is 0 Å². The second kappa shape index (κ2) is 7.98. The highest BCUT2D eigenvalue weighted by Crippen LogP contribution is 2.24. The summed E-state index contributed by atoms with van der Waals surface area (Å²) in [5.41, 5.74) is 3.24. The fourth-order valence-electron chi connectivity index (χ4n) is 2.50. The lowest BCUT2D eigenvalue weighted by Crippen LogP contribution is -2.11. The van der Waals surface area contributed by atoms with Gasteiger partial charge in [0, 0.05) is 40.3 Å². The van der Waals surface area contributed by atoms with Gasteiger partial charge >= 0.3 is 6.01 Å². The number of thiazole rings is 1. The van der Waals surface area contributed by atoms with Crippen LogP contribution in [0.15, 0.2) is 72.4 Å². The number of nitrogens with one attached hydrogen (secondary N) is 1. The number of aryl methyl sites for hydroxylation is 1. The van der Waals surface area contributed by atoms with Gasteiger partial charge in [-0.15, -0.1) is 11.3 Å². The minimum absolute atomic E-state index is 0.179. The molecule has 0 bridgehead atoms. The average molecular weight is 388 g/mol. The quantitative estimate of drug-likeness (QED) is 0.523. The molecule has 0 unspecified atom stereocenters. The van der Waals surface area contributed by atoms with Gasteiger partial charge in [-0.25, -0.2) is 15.0 Å². The zero-order chi connectivity index (χ0) is 19.3. The molecule has 0 saturated heterocycles. The molecular weight excluding hydrogens is 372 g/mol. The predicted molar refractivity (Wildman–Crippen MR) is 109 cm³/mol. The Bertz CT molecular complexity index is 1080. The zero-order valence-electron chi connectivity index (χ0n) is 15.0. The lowest BCUT2D eigenvalue weighted by molar-refractivity contribution is 0.102. The van der Waals surface area contributed by atoms with Crippen LogP contribution in [0.1, 0.15) is 16.1 Å². The van der Waals surface area contributed by atoms with Crippen molar-refractivity contribution in [3.8, 4) is 22.3 Å². The molecule has 0 aliphatic carbocycles. The Balaban J connectivity index is 1.40. The number of nitrogens with zero attached hydrogens (tertiary/aromatic N) is 3. The molecule has 0 aliphatic rings. The molecule has 0 aliphatic heterocycles. The molecule has 4 rings (SSSR count). The third kappa shape index (κ3) is 4.21. The van der Waals surface area contributed by atoms with Crippen LogP contribution in [0.5, 0.6) is 11.8 Å². The minimum Gasteiger partial charge on any atom is -0.424 e. The molecule has 6 nitrogen and oxygen atoms in total. The van der Waals surface area contributed by atoms with Gasteiger partial charge in [-0.3, -0.25) is 4.79 Å². The molecule has 2 heterocycles. The molecule has 1 N–H and O–H groups in total. The van der Waals surface area contributed by atoms with Crippen molar-refractivity contribution >= 4 is 22.9 Å². The second-order valence-electron chi connectivity index (χ2n) is 5.98. The molecule has 0 atom stereocenters. The van der Waals surface area contributed by atoms with Crippen LogP contribution in [-0.4, -0.2) is 20.9 Å². The molecule has 7 heteroatoms. The molecule has 0 fully saturated rings. The largest absolute Gasteiger partial charge is 0.424 e. The van der Waals surface area contributed by atoms with Gasteiger partial charge in [0.1, 0.15) is 10.8 Å². The Kier molecular flexibility index (Phi) is 5.07. The number of amides is 1. The topological polar surface area (TPSA) is 77.0 Å². The summed E-state index contributed by atoms with van der Waals surface area (Å²) in [6.07, 6.45) is 3.22. The third-order valence-corrected chi connectivity index (χ3v) is 4.89. The van der Waals surface area contributed by atoms with E-state index in [9.17, 15) is 4.79 Å². The van der Waals surface area contributed by atoms with E-state index in [1.807, 2.05) is 24.4 Å². The van der Waals surface area contributed by atoms with E-state index in [1.165, 1.54) is 0 Å². The predicted octanol–water partition coefficient (Wildman–Crippen LogP) is 4.95. The Morgan fingerprint density at radius 2 is 1.71 bits per heavy atom. The van der Waals surface area contributed by atoms with Crippen molar-refractivity contribution in [1.29, 1.82) is 0 Å². The first-order valence-electron chi connectivity index (χ1n) is 8.56. The Hall–Kier alpha value is -3.58. The summed E-state index contributed by atoms with van der Waals surface area (Å²) < 4.78 is 5.54. The summed E-state index contributed by atoms with van der Waals surface area (Å²) in [6.45, 7) is 1.96. The lowest BCUT2D eigenvalue weighted by Gasteiger charge is -2.07. The van der Waals surface area contributed by atoms with Gasteiger partial charge < -0.3 is 10.1 Å². The van der Waals surface area contributed by atoms with E-state index in [4.69, 9.17) is 4.74 Å². The van der Waals surface area contributed by atoms with E-state index in [-0.39, 0.29) is 11.9 Å². The molecule has 2 aromatic heterocycles. The summed E-state index contributed by atoms with van der Waals surface area (Å²) in [7, 11) is 0.